The number of carbonyl (C=O) groups excluding carboxylic acids is 2. The number of carboxylic acid groups (broad SMARTS) is 1. The normalized spacial score (nSPS) is 13.3. The van der Waals surface area contributed by atoms with E-state index in [4.69, 9.17) is 4.43 Å². The fraction of sp³-hybridized carbons (Fsp3) is 0.444. The summed E-state index contributed by atoms with van der Waals surface area (Å²) in [6, 6.07) is 11.1. The Kier molecular flexibility index (Phi) is 8.27. The van der Waals surface area contributed by atoms with Crippen LogP contribution < -0.4 is 5.32 Å². The van der Waals surface area contributed by atoms with Crippen LogP contribution in [0.2, 0.25) is 18.1 Å². The third-order valence-electron chi connectivity index (χ3n) is 6.66. The van der Waals surface area contributed by atoms with E-state index in [1.165, 1.54) is 6.07 Å². The smallest absolute Gasteiger partial charge is 0.336 e. The first-order valence-corrected chi connectivity index (χ1v) is 14.4. The Balaban J connectivity index is 2.35. The van der Waals surface area contributed by atoms with Gasteiger partial charge in [-0.05, 0) is 46.8 Å². The quantitative estimate of drug-likeness (QED) is 0.353. The highest BCUT2D eigenvalue weighted by atomic mass is 28.4. The molecule has 0 bridgehead atoms. The molecule has 0 saturated heterocycles. The van der Waals surface area contributed by atoms with Gasteiger partial charge < -0.3 is 14.8 Å². The Morgan fingerprint density at radius 2 is 1.65 bits per heavy atom. The van der Waals surface area contributed by atoms with Gasteiger partial charge in [-0.2, -0.15) is 0 Å². The minimum absolute atomic E-state index is 0.0354. The van der Waals surface area contributed by atoms with Crippen molar-refractivity contribution in [1.82, 2.24) is 5.32 Å². The first kappa shape index (κ1) is 27.5. The SMILES string of the molecule is CC(C)(C)[C@H](CO[Si](C)(C)C(C)(C)C)NC(=O)c1ccc(-c2ccccc2C=O)c(C(=O)O)c1. The second-order valence-corrected chi connectivity index (χ2v) is 16.0. The number of amides is 1. The van der Waals surface area contributed by atoms with Gasteiger partial charge in [0.2, 0.25) is 0 Å². The molecule has 2 N–H and O–H groups in total. The van der Waals surface area contributed by atoms with E-state index in [9.17, 15) is 19.5 Å². The molecule has 2 aromatic carbocycles. The topological polar surface area (TPSA) is 92.7 Å². The van der Waals surface area contributed by atoms with Crippen molar-refractivity contribution < 1.29 is 23.9 Å². The molecule has 0 aliphatic heterocycles. The van der Waals surface area contributed by atoms with Crippen molar-refractivity contribution in [2.75, 3.05) is 6.61 Å². The summed E-state index contributed by atoms with van der Waals surface area (Å²) >= 11 is 0. The highest BCUT2D eigenvalue weighted by Gasteiger charge is 2.39. The van der Waals surface area contributed by atoms with E-state index in [0.717, 1.165) is 0 Å². The molecular formula is C27H37NO5Si. The zero-order valence-electron chi connectivity index (χ0n) is 21.5. The van der Waals surface area contributed by atoms with Crippen molar-refractivity contribution >= 4 is 26.5 Å². The molecule has 1 amide bonds. The number of nitrogens with one attached hydrogen (secondary N) is 1. The summed E-state index contributed by atoms with van der Waals surface area (Å²) in [6.45, 7) is 17.3. The molecule has 0 aliphatic carbocycles. The molecule has 0 spiro atoms. The molecule has 2 aromatic rings. The molecule has 1 atom stereocenters. The van der Waals surface area contributed by atoms with Gasteiger partial charge in [-0.1, -0.05) is 71.9 Å². The molecule has 0 saturated carbocycles. The first-order valence-electron chi connectivity index (χ1n) is 11.5. The number of hydrogen-bond donors (Lipinski definition) is 2. The van der Waals surface area contributed by atoms with Crippen molar-refractivity contribution in [3.63, 3.8) is 0 Å². The van der Waals surface area contributed by atoms with Gasteiger partial charge in [0.1, 0.15) is 0 Å². The van der Waals surface area contributed by atoms with E-state index in [1.807, 2.05) is 20.8 Å². The number of hydrogen-bond acceptors (Lipinski definition) is 4. The van der Waals surface area contributed by atoms with E-state index in [0.29, 0.717) is 29.6 Å². The number of benzene rings is 2. The van der Waals surface area contributed by atoms with Gasteiger partial charge in [0.15, 0.2) is 14.6 Å². The van der Waals surface area contributed by atoms with Crippen molar-refractivity contribution in [2.24, 2.45) is 5.41 Å². The highest BCUT2D eigenvalue weighted by molar-refractivity contribution is 6.74. The summed E-state index contributed by atoms with van der Waals surface area (Å²) < 4.78 is 6.38. The predicted octanol–water partition coefficient (Wildman–Crippen LogP) is 6.03. The van der Waals surface area contributed by atoms with Crippen molar-refractivity contribution in [3.05, 3.63) is 59.2 Å². The van der Waals surface area contributed by atoms with Crippen LogP contribution in [0.1, 0.15) is 72.6 Å². The fourth-order valence-corrected chi connectivity index (χ4v) is 4.22. The summed E-state index contributed by atoms with van der Waals surface area (Å²) in [5.74, 6) is -1.53. The van der Waals surface area contributed by atoms with E-state index in [-0.39, 0.29) is 33.5 Å². The van der Waals surface area contributed by atoms with Gasteiger partial charge >= 0.3 is 5.97 Å². The zero-order chi connectivity index (χ0) is 25.9. The Labute approximate surface area is 203 Å². The van der Waals surface area contributed by atoms with Gasteiger partial charge in [0.05, 0.1) is 18.2 Å². The molecular weight excluding hydrogens is 446 g/mol. The minimum Gasteiger partial charge on any atom is -0.478 e. The second-order valence-electron chi connectivity index (χ2n) is 11.2. The standard InChI is InChI=1S/C27H37NO5Si/c1-26(2,3)23(17-33-34(7,8)27(4,5)6)28-24(30)18-13-14-21(22(15-18)25(31)32)20-12-10-9-11-19(20)16-29/h9-16,23H,17H2,1-8H3,(H,28,30)(H,31,32)/t23-/m0/s1. The van der Waals surface area contributed by atoms with Crippen LogP contribution in [-0.2, 0) is 4.43 Å². The summed E-state index contributed by atoms with van der Waals surface area (Å²) in [5.41, 5.74) is 1.23. The maximum atomic E-state index is 13.2. The van der Waals surface area contributed by atoms with Crippen LogP contribution in [-0.4, -0.2) is 44.2 Å². The molecule has 0 fully saturated rings. The maximum absolute atomic E-state index is 13.2. The van der Waals surface area contributed by atoms with Crippen molar-refractivity contribution in [3.8, 4) is 11.1 Å². The Bertz CT molecular complexity index is 1060. The van der Waals surface area contributed by atoms with Crippen LogP contribution in [0.15, 0.2) is 42.5 Å². The van der Waals surface area contributed by atoms with E-state index in [2.05, 4.69) is 39.2 Å². The Morgan fingerprint density at radius 3 is 2.18 bits per heavy atom. The third kappa shape index (κ3) is 6.42. The van der Waals surface area contributed by atoms with Crippen LogP contribution in [0.25, 0.3) is 11.1 Å². The first-order chi connectivity index (χ1) is 15.6. The third-order valence-corrected chi connectivity index (χ3v) is 11.2. The number of carboxylic acids is 1. The average molecular weight is 484 g/mol. The van der Waals surface area contributed by atoms with Crippen LogP contribution in [0, 0.1) is 5.41 Å². The van der Waals surface area contributed by atoms with Crippen LogP contribution >= 0.6 is 0 Å². The lowest BCUT2D eigenvalue weighted by Gasteiger charge is -2.39. The number of carbonyl (C=O) groups is 3. The average Bonchev–Trinajstić information content (AvgIpc) is 2.74. The molecule has 184 valence electrons. The fourth-order valence-electron chi connectivity index (χ4n) is 3.20. The van der Waals surface area contributed by atoms with Crippen molar-refractivity contribution in [2.45, 2.75) is 65.7 Å². The van der Waals surface area contributed by atoms with Gasteiger partial charge in [0, 0.05) is 11.1 Å². The monoisotopic (exact) mass is 483 g/mol. The highest BCUT2D eigenvalue weighted by Crippen LogP contribution is 2.37. The molecule has 34 heavy (non-hydrogen) atoms. The summed E-state index contributed by atoms with van der Waals surface area (Å²) in [4.78, 5) is 36.6. The Morgan fingerprint density at radius 1 is 1.03 bits per heavy atom. The van der Waals surface area contributed by atoms with E-state index >= 15 is 0 Å². The summed E-state index contributed by atoms with van der Waals surface area (Å²) in [6.07, 6.45) is 0.692. The van der Waals surface area contributed by atoms with Gasteiger partial charge in [-0.25, -0.2) is 4.79 Å². The van der Waals surface area contributed by atoms with E-state index in [1.54, 1.807) is 36.4 Å². The molecule has 0 radical (unpaired) electrons. The van der Waals surface area contributed by atoms with Gasteiger partial charge in [-0.3, -0.25) is 9.59 Å². The molecule has 0 aliphatic rings. The molecule has 0 unspecified atom stereocenters. The van der Waals surface area contributed by atoms with Gasteiger partial charge in [-0.15, -0.1) is 0 Å². The molecule has 0 aromatic heterocycles. The lowest BCUT2D eigenvalue weighted by atomic mass is 9.87. The van der Waals surface area contributed by atoms with E-state index < -0.39 is 14.3 Å². The lowest BCUT2D eigenvalue weighted by molar-refractivity contribution is 0.0697. The second kappa shape index (κ2) is 10.2. The molecule has 6 nitrogen and oxygen atoms in total. The van der Waals surface area contributed by atoms with Crippen LogP contribution in [0.5, 0.6) is 0 Å². The molecule has 0 heterocycles. The van der Waals surface area contributed by atoms with Crippen molar-refractivity contribution in [1.29, 1.82) is 0 Å². The van der Waals surface area contributed by atoms with Crippen LogP contribution in [0.4, 0.5) is 0 Å². The van der Waals surface area contributed by atoms with Crippen LogP contribution in [0.3, 0.4) is 0 Å². The largest absolute Gasteiger partial charge is 0.478 e. The zero-order valence-corrected chi connectivity index (χ0v) is 22.5. The Hall–Kier alpha value is -2.77. The molecule has 2 rings (SSSR count). The lowest BCUT2D eigenvalue weighted by Crippen LogP contribution is -2.51. The van der Waals surface area contributed by atoms with Gasteiger partial charge in [0.25, 0.3) is 5.91 Å². The minimum atomic E-state index is -2.01. The number of aromatic carboxylic acids is 1. The maximum Gasteiger partial charge on any atom is 0.336 e. The molecule has 7 heteroatoms. The summed E-state index contributed by atoms with van der Waals surface area (Å²) in [7, 11) is -2.01. The number of rotatable bonds is 8. The number of aldehydes is 1. The predicted molar refractivity (Wildman–Crippen MR) is 138 cm³/mol. The summed E-state index contributed by atoms with van der Waals surface area (Å²) in [5, 5.41) is 12.9.